The van der Waals surface area contributed by atoms with Crippen molar-refractivity contribution in [1.82, 2.24) is 4.98 Å². The van der Waals surface area contributed by atoms with Gasteiger partial charge in [0, 0.05) is 6.20 Å². The molecule has 3 nitrogen and oxygen atoms in total. The Labute approximate surface area is 72.3 Å². The lowest BCUT2D eigenvalue weighted by Gasteiger charge is -2.09. The van der Waals surface area contributed by atoms with Crippen LogP contribution in [0.1, 0.15) is 0 Å². The van der Waals surface area contributed by atoms with Crippen LogP contribution in [-0.4, -0.2) is 23.5 Å². The molecule has 0 bridgehead atoms. The molecule has 1 rings (SSSR count). The van der Waals surface area contributed by atoms with E-state index in [2.05, 4.69) is 9.64 Å². The zero-order chi connectivity index (χ0) is 9.90. The molecule has 1 N–H and O–H groups in total. The maximum absolute atomic E-state index is 11.6. The average molecular weight is 191 g/mol. The van der Waals surface area contributed by atoms with Crippen molar-refractivity contribution in [3.8, 4) is 0 Å². The molecule has 0 radical (unpaired) electrons. The van der Waals surface area contributed by atoms with Gasteiger partial charge in [0.05, 0.1) is 5.59 Å². The molecule has 0 saturated carbocycles. The molecule has 0 spiro atoms. The van der Waals surface area contributed by atoms with E-state index in [1.54, 1.807) is 0 Å². The number of aromatic nitrogens is 1. The molecule has 70 valence electrons. The van der Waals surface area contributed by atoms with E-state index in [9.17, 15) is 13.2 Å². The van der Waals surface area contributed by atoms with Gasteiger partial charge in [-0.15, -0.1) is 13.2 Å². The van der Waals surface area contributed by atoms with Crippen LogP contribution in [0.5, 0.6) is 0 Å². The predicted molar refractivity (Wildman–Crippen MR) is 39.0 cm³/mol. The third-order valence-electron chi connectivity index (χ3n) is 1.19. The van der Waals surface area contributed by atoms with Gasteiger partial charge in [-0.1, -0.05) is 6.07 Å². The van der Waals surface area contributed by atoms with Crippen molar-refractivity contribution >= 4 is 12.7 Å². The first-order valence-electron chi connectivity index (χ1n) is 3.32. The van der Waals surface area contributed by atoms with Crippen molar-refractivity contribution in [2.24, 2.45) is 0 Å². The number of halogens is 3. The Morgan fingerprint density at radius 1 is 1.38 bits per heavy atom. The van der Waals surface area contributed by atoms with Gasteiger partial charge in [0.25, 0.3) is 0 Å². The monoisotopic (exact) mass is 191 g/mol. The summed E-state index contributed by atoms with van der Waals surface area (Å²) in [5.41, 5.74) is -0.181. The van der Waals surface area contributed by atoms with E-state index in [-0.39, 0.29) is 5.59 Å². The van der Waals surface area contributed by atoms with Crippen molar-refractivity contribution in [2.75, 3.05) is 0 Å². The normalized spacial score (nSPS) is 11.4. The number of hydrogen-bond donors (Lipinski definition) is 1. The summed E-state index contributed by atoms with van der Waals surface area (Å²) in [6.07, 6.45) is -3.60. The Hall–Kier alpha value is -1.08. The second-order valence-corrected chi connectivity index (χ2v) is 2.17. The fourth-order valence-corrected chi connectivity index (χ4v) is 0.709. The van der Waals surface area contributed by atoms with Crippen molar-refractivity contribution in [3.05, 3.63) is 24.4 Å². The highest BCUT2D eigenvalue weighted by molar-refractivity contribution is 6.58. The standard InChI is InChI=1S/C6H5BF3NO2/c8-6(9,10)13-7(12)5-3-1-2-4-11-5/h1-4,12H. The van der Waals surface area contributed by atoms with Gasteiger partial charge >= 0.3 is 13.5 Å². The summed E-state index contributed by atoms with van der Waals surface area (Å²) >= 11 is 0. The Kier molecular flexibility index (Phi) is 2.89. The second kappa shape index (κ2) is 3.76. The Morgan fingerprint density at radius 3 is 2.54 bits per heavy atom. The minimum absolute atomic E-state index is 0.181. The van der Waals surface area contributed by atoms with E-state index in [1.165, 1.54) is 24.4 Å². The molecule has 0 aromatic carbocycles. The van der Waals surface area contributed by atoms with Crippen molar-refractivity contribution in [1.29, 1.82) is 0 Å². The highest BCUT2D eigenvalue weighted by Crippen LogP contribution is 2.16. The molecule has 1 aromatic rings. The zero-order valence-corrected chi connectivity index (χ0v) is 6.32. The highest BCUT2D eigenvalue weighted by Gasteiger charge is 2.36. The zero-order valence-electron chi connectivity index (χ0n) is 6.32. The molecule has 0 aliphatic rings. The summed E-state index contributed by atoms with van der Waals surface area (Å²) in [4.78, 5) is 3.49. The van der Waals surface area contributed by atoms with Crippen molar-refractivity contribution in [2.45, 2.75) is 6.36 Å². The van der Waals surface area contributed by atoms with Crippen LogP contribution in [0.2, 0.25) is 0 Å². The van der Waals surface area contributed by atoms with Gasteiger partial charge in [-0.05, 0) is 12.1 Å². The molecule has 0 unspecified atom stereocenters. The van der Waals surface area contributed by atoms with E-state index in [1.807, 2.05) is 0 Å². The number of hydrogen-bond acceptors (Lipinski definition) is 3. The van der Waals surface area contributed by atoms with Crippen LogP contribution < -0.4 is 5.59 Å². The average Bonchev–Trinajstić information content (AvgIpc) is 2.03. The van der Waals surface area contributed by atoms with E-state index >= 15 is 0 Å². The summed E-state index contributed by atoms with van der Waals surface area (Å²) < 4.78 is 38.1. The van der Waals surface area contributed by atoms with Crippen LogP contribution in [0.4, 0.5) is 13.2 Å². The molecule has 13 heavy (non-hydrogen) atoms. The van der Waals surface area contributed by atoms with Crippen molar-refractivity contribution < 1.29 is 22.8 Å². The van der Waals surface area contributed by atoms with E-state index in [0.717, 1.165) is 0 Å². The maximum atomic E-state index is 11.6. The first-order valence-corrected chi connectivity index (χ1v) is 3.32. The molecule has 7 heteroatoms. The lowest BCUT2D eigenvalue weighted by atomic mass is 9.85. The molecule has 1 aromatic heterocycles. The van der Waals surface area contributed by atoms with Gasteiger partial charge in [0.1, 0.15) is 0 Å². The third kappa shape index (κ3) is 3.43. The first kappa shape index (κ1) is 10.0. The minimum atomic E-state index is -4.86. The molecule has 0 atom stereocenters. The second-order valence-electron chi connectivity index (χ2n) is 2.17. The fourth-order valence-electron chi connectivity index (χ4n) is 0.709. The van der Waals surface area contributed by atoms with Gasteiger partial charge in [0.15, 0.2) is 0 Å². The predicted octanol–water partition coefficient (Wildman–Crippen LogP) is 0.305. The molecule has 0 fully saturated rings. The van der Waals surface area contributed by atoms with Crippen LogP contribution in [0.25, 0.3) is 0 Å². The minimum Gasteiger partial charge on any atom is -0.422 e. The summed E-state index contributed by atoms with van der Waals surface area (Å²) in [6, 6.07) is 4.20. The van der Waals surface area contributed by atoms with Crippen LogP contribution in [0.3, 0.4) is 0 Å². The van der Waals surface area contributed by atoms with Gasteiger partial charge in [-0.3, -0.25) is 4.98 Å². The Morgan fingerprint density at radius 2 is 2.08 bits per heavy atom. The van der Waals surface area contributed by atoms with Crippen LogP contribution >= 0.6 is 0 Å². The SMILES string of the molecule is OB(OC(F)(F)F)c1ccccn1. The number of alkyl halides is 3. The highest BCUT2D eigenvalue weighted by atomic mass is 19.4. The number of pyridine rings is 1. The first-order chi connectivity index (χ1) is 5.99. The Balaban J connectivity index is 2.64. The van der Waals surface area contributed by atoms with Gasteiger partial charge in [0.2, 0.25) is 0 Å². The largest absolute Gasteiger partial charge is 0.517 e. The lowest BCUT2D eigenvalue weighted by molar-refractivity contribution is -0.282. The van der Waals surface area contributed by atoms with E-state index in [4.69, 9.17) is 5.02 Å². The quantitative estimate of drug-likeness (QED) is 0.683. The summed E-state index contributed by atoms with van der Waals surface area (Å²) in [6.45, 7) is 0. The summed E-state index contributed by atoms with van der Waals surface area (Å²) in [7, 11) is -2.07. The smallest absolute Gasteiger partial charge is 0.422 e. The molecule has 0 aliphatic carbocycles. The van der Waals surface area contributed by atoms with Gasteiger partial charge in [-0.2, -0.15) is 0 Å². The van der Waals surface area contributed by atoms with Gasteiger partial charge < -0.3 is 9.68 Å². The maximum Gasteiger partial charge on any atom is 0.517 e. The Bertz CT molecular complexity index is 266. The van der Waals surface area contributed by atoms with Gasteiger partial charge in [-0.25, -0.2) is 0 Å². The molecular formula is C6H5BF3NO2. The lowest BCUT2D eigenvalue weighted by Crippen LogP contribution is -2.40. The molecule has 0 saturated heterocycles. The summed E-state index contributed by atoms with van der Waals surface area (Å²) in [5.74, 6) is 0. The van der Waals surface area contributed by atoms with Crippen LogP contribution in [0.15, 0.2) is 24.4 Å². The van der Waals surface area contributed by atoms with E-state index < -0.39 is 13.5 Å². The molecule has 0 amide bonds. The van der Waals surface area contributed by atoms with Crippen LogP contribution in [-0.2, 0) is 4.65 Å². The number of rotatable bonds is 2. The third-order valence-corrected chi connectivity index (χ3v) is 1.19. The molecule has 0 aliphatic heterocycles. The van der Waals surface area contributed by atoms with Crippen LogP contribution in [0, 0.1) is 0 Å². The molecular weight excluding hydrogens is 186 g/mol. The molecule has 1 heterocycles. The fraction of sp³-hybridized carbons (Fsp3) is 0.167. The number of nitrogens with zero attached hydrogens (tertiary/aromatic N) is 1. The van der Waals surface area contributed by atoms with E-state index in [0.29, 0.717) is 0 Å². The topological polar surface area (TPSA) is 42.4 Å². The summed E-state index contributed by atoms with van der Waals surface area (Å²) in [5, 5.41) is 8.85. The van der Waals surface area contributed by atoms with Crippen molar-refractivity contribution in [3.63, 3.8) is 0 Å².